The van der Waals surface area contributed by atoms with Crippen molar-refractivity contribution in [3.63, 3.8) is 0 Å². The summed E-state index contributed by atoms with van der Waals surface area (Å²) in [5.41, 5.74) is 5.96. The van der Waals surface area contributed by atoms with Crippen LogP contribution in [0.2, 0.25) is 0 Å². The number of nitrogens with zero attached hydrogens (tertiary/aromatic N) is 1. The molecule has 130 valence electrons. The summed E-state index contributed by atoms with van der Waals surface area (Å²) in [7, 11) is 0. The van der Waals surface area contributed by atoms with Gasteiger partial charge in [0.1, 0.15) is 12.0 Å². The number of rotatable bonds is 1. The van der Waals surface area contributed by atoms with Gasteiger partial charge in [-0.25, -0.2) is 4.99 Å². The van der Waals surface area contributed by atoms with Gasteiger partial charge in [0.15, 0.2) is 0 Å². The second-order valence-corrected chi connectivity index (χ2v) is 6.87. The third-order valence-electron chi connectivity index (χ3n) is 4.21. The second-order valence-electron chi connectivity index (χ2n) is 6.47. The van der Waals surface area contributed by atoms with Crippen LogP contribution in [0.5, 0.6) is 0 Å². The lowest BCUT2D eigenvalue weighted by atomic mass is 10.0. The zero-order valence-corrected chi connectivity index (χ0v) is 15.7. The zero-order chi connectivity index (χ0) is 17.8. The van der Waals surface area contributed by atoms with Crippen LogP contribution in [-0.4, -0.2) is 12.0 Å². The van der Waals surface area contributed by atoms with Crippen molar-refractivity contribution in [3.8, 4) is 0 Å². The molecule has 0 aromatic heterocycles. The number of nitrogens with one attached hydrogen (secondary N) is 2. The SMILES string of the molecule is C/C=C(Cl)\C1=N/C(C)Nc2cccc(c2)CCc2cc(C)cc(c2)N1. The summed E-state index contributed by atoms with van der Waals surface area (Å²) in [6.45, 7) is 6.05. The Morgan fingerprint density at radius 3 is 2.68 bits per heavy atom. The first-order valence-corrected chi connectivity index (χ1v) is 9.04. The molecule has 0 radical (unpaired) electrons. The maximum absolute atomic E-state index is 6.39. The highest BCUT2D eigenvalue weighted by molar-refractivity contribution is 6.44. The number of aliphatic imine (C=N–C) groups is 1. The van der Waals surface area contributed by atoms with E-state index < -0.39 is 0 Å². The molecule has 4 bridgehead atoms. The summed E-state index contributed by atoms with van der Waals surface area (Å²) in [4.78, 5) is 4.74. The Morgan fingerprint density at radius 2 is 1.88 bits per heavy atom. The van der Waals surface area contributed by atoms with Gasteiger partial charge >= 0.3 is 0 Å². The van der Waals surface area contributed by atoms with Crippen LogP contribution in [0.4, 0.5) is 11.4 Å². The van der Waals surface area contributed by atoms with E-state index in [1.54, 1.807) is 0 Å². The van der Waals surface area contributed by atoms with E-state index in [1.807, 2.05) is 19.9 Å². The van der Waals surface area contributed by atoms with Crippen LogP contribution in [0.1, 0.15) is 30.5 Å². The van der Waals surface area contributed by atoms with E-state index in [9.17, 15) is 0 Å². The fourth-order valence-electron chi connectivity index (χ4n) is 3.08. The summed E-state index contributed by atoms with van der Waals surface area (Å²) in [6, 6.07) is 15.1. The van der Waals surface area contributed by atoms with Crippen molar-refractivity contribution >= 4 is 28.8 Å². The Morgan fingerprint density at radius 1 is 1.12 bits per heavy atom. The molecule has 2 aromatic carbocycles. The van der Waals surface area contributed by atoms with Gasteiger partial charge < -0.3 is 10.6 Å². The largest absolute Gasteiger partial charge is 0.364 e. The minimum atomic E-state index is -0.100. The highest BCUT2D eigenvalue weighted by Gasteiger charge is 2.10. The Bertz CT molecular complexity index is 824. The van der Waals surface area contributed by atoms with Crippen LogP contribution < -0.4 is 10.6 Å². The molecule has 1 atom stereocenters. The molecule has 1 unspecified atom stereocenters. The lowest BCUT2D eigenvalue weighted by molar-refractivity contribution is 0.852. The normalized spacial score (nSPS) is 20.1. The Hall–Kier alpha value is -2.26. The monoisotopic (exact) mass is 353 g/mol. The highest BCUT2D eigenvalue weighted by Crippen LogP contribution is 2.21. The molecule has 0 saturated heterocycles. The van der Waals surface area contributed by atoms with Crippen molar-refractivity contribution in [3.05, 3.63) is 70.3 Å². The number of anilines is 2. The van der Waals surface area contributed by atoms with Gasteiger partial charge in [-0.05, 0) is 74.6 Å². The molecule has 3 nitrogen and oxygen atoms in total. The molecule has 0 amide bonds. The number of allylic oxidation sites excluding steroid dienone is 1. The van der Waals surface area contributed by atoms with E-state index >= 15 is 0 Å². The number of benzene rings is 2. The molecule has 0 aliphatic carbocycles. The van der Waals surface area contributed by atoms with Gasteiger partial charge in [0.2, 0.25) is 0 Å². The molecule has 0 fully saturated rings. The van der Waals surface area contributed by atoms with Crippen molar-refractivity contribution in [2.75, 3.05) is 10.6 Å². The van der Waals surface area contributed by atoms with Gasteiger partial charge in [-0.3, -0.25) is 0 Å². The molecule has 1 aliphatic heterocycles. The smallest absolute Gasteiger partial charge is 0.146 e. The lowest BCUT2D eigenvalue weighted by Gasteiger charge is -2.16. The van der Waals surface area contributed by atoms with Gasteiger partial charge in [-0.2, -0.15) is 0 Å². The Balaban J connectivity index is 2.06. The van der Waals surface area contributed by atoms with Crippen LogP contribution in [0.25, 0.3) is 0 Å². The first-order valence-electron chi connectivity index (χ1n) is 8.66. The fourth-order valence-corrected chi connectivity index (χ4v) is 3.17. The minimum absolute atomic E-state index is 0.100. The lowest BCUT2D eigenvalue weighted by Crippen LogP contribution is -2.20. The standard InChI is InChI=1S/C21H24ClN3/c1-4-20(22)21-24-15(3)23-18-7-5-6-16(12-18)8-9-17-10-14(2)11-19(13-17)25-21/h4-7,10-13,15,23H,8-9H2,1-3H3,(H,24,25)/b20-4+. The fraction of sp³-hybridized carbons (Fsp3) is 0.286. The molecule has 3 rings (SSSR count). The van der Waals surface area contributed by atoms with E-state index in [-0.39, 0.29) is 6.17 Å². The molecular formula is C21H24ClN3. The van der Waals surface area contributed by atoms with E-state index in [4.69, 9.17) is 16.6 Å². The summed E-state index contributed by atoms with van der Waals surface area (Å²) >= 11 is 6.39. The number of halogens is 1. The Labute approximate surface area is 154 Å². The van der Waals surface area contributed by atoms with Crippen LogP contribution >= 0.6 is 11.6 Å². The average molecular weight is 354 g/mol. The van der Waals surface area contributed by atoms with Crippen LogP contribution in [0, 0.1) is 6.92 Å². The summed E-state index contributed by atoms with van der Waals surface area (Å²) in [6.07, 6.45) is 3.77. The molecule has 4 heteroatoms. The maximum Gasteiger partial charge on any atom is 0.146 e. The number of aryl methyl sites for hydroxylation is 3. The molecule has 1 aliphatic rings. The molecule has 2 N–H and O–H groups in total. The molecule has 0 spiro atoms. The minimum Gasteiger partial charge on any atom is -0.364 e. The quantitative estimate of drug-likeness (QED) is 0.709. The number of fused-ring (bicyclic) bond motifs is 4. The molecule has 2 aromatic rings. The maximum atomic E-state index is 6.39. The Kier molecular flexibility index (Phi) is 5.44. The van der Waals surface area contributed by atoms with Crippen LogP contribution in [-0.2, 0) is 12.8 Å². The summed E-state index contributed by atoms with van der Waals surface area (Å²) < 4.78 is 0. The topological polar surface area (TPSA) is 36.4 Å². The average Bonchev–Trinajstić information content (AvgIpc) is 2.58. The third kappa shape index (κ3) is 4.64. The highest BCUT2D eigenvalue weighted by atomic mass is 35.5. The van der Waals surface area contributed by atoms with Gasteiger partial charge in [-0.15, -0.1) is 0 Å². The summed E-state index contributed by atoms with van der Waals surface area (Å²) in [5, 5.41) is 7.44. The van der Waals surface area contributed by atoms with Crippen LogP contribution in [0.15, 0.2) is 58.6 Å². The zero-order valence-electron chi connectivity index (χ0n) is 14.9. The first kappa shape index (κ1) is 17.6. The van der Waals surface area contributed by atoms with Crippen molar-refractivity contribution in [2.24, 2.45) is 4.99 Å². The molecule has 25 heavy (non-hydrogen) atoms. The third-order valence-corrected chi connectivity index (χ3v) is 4.60. The van der Waals surface area contributed by atoms with Gasteiger partial charge in [0.25, 0.3) is 0 Å². The molecule has 0 saturated carbocycles. The van der Waals surface area contributed by atoms with Crippen LogP contribution in [0.3, 0.4) is 0 Å². The van der Waals surface area contributed by atoms with Gasteiger partial charge in [0.05, 0.1) is 5.03 Å². The second kappa shape index (κ2) is 7.75. The molecular weight excluding hydrogens is 330 g/mol. The predicted molar refractivity (Wildman–Crippen MR) is 109 cm³/mol. The van der Waals surface area contributed by atoms with Crippen molar-refractivity contribution in [1.29, 1.82) is 0 Å². The number of amidine groups is 1. The van der Waals surface area contributed by atoms with E-state index in [0.717, 1.165) is 24.2 Å². The van der Waals surface area contributed by atoms with E-state index in [0.29, 0.717) is 10.9 Å². The number of hydrogen-bond acceptors (Lipinski definition) is 3. The van der Waals surface area contributed by atoms with E-state index in [2.05, 4.69) is 60.0 Å². The van der Waals surface area contributed by atoms with Crippen molar-refractivity contribution in [2.45, 2.75) is 39.8 Å². The first-order chi connectivity index (χ1) is 12.0. The predicted octanol–water partition coefficient (Wildman–Crippen LogP) is 5.50. The number of hydrogen-bond donors (Lipinski definition) is 2. The van der Waals surface area contributed by atoms with E-state index in [1.165, 1.54) is 16.7 Å². The van der Waals surface area contributed by atoms with Crippen molar-refractivity contribution in [1.82, 2.24) is 0 Å². The van der Waals surface area contributed by atoms with Crippen molar-refractivity contribution < 1.29 is 0 Å². The molecule has 1 heterocycles. The van der Waals surface area contributed by atoms with Gasteiger partial charge in [-0.1, -0.05) is 35.9 Å². The summed E-state index contributed by atoms with van der Waals surface area (Å²) in [5.74, 6) is 0.677. The van der Waals surface area contributed by atoms with Gasteiger partial charge in [0, 0.05) is 11.4 Å².